The molecule has 1 N–H and O–H groups in total. The molecule has 0 amide bonds. The van der Waals surface area contributed by atoms with Crippen molar-refractivity contribution in [2.45, 2.75) is 32.8 Å². The number of nitrogens with zero attached hydrogens (tertiary/aromatic N) is 1. The molecule has 0 spiro atoms. The molecule has 1 heterocycles. The van der Waals surface area contributed by atoms with Crippen LogP contribution < -0.4 is 4.90 Å². The Morgan fingerprint density at radius 1 is 1.47 bits per heavy atom. The minimum absolute atomic E-state index is 0.0540. The third kappa shape index (κ3) is 2.93. The standard InChI is InChI=1S/C14H20ClNO/c1-2-3-11-6-7-16(9-11)14-5-4-12(10-17)8-13(14)15/h4-5,8,11,17H,2-3,6-7,9-10H2,1H3. The Morgan fingerprint density at radius 2 is 2.29 bits per heavy atom. The van der Waals surface area contributed by atoms with E-state index in [1.807, 2.05) is 18.2 Å². The van der Waals surface area contributed by atoms with E-state index in [9.17, 15) is 0 Å². The Labute approximate surface area is 108 Å². The monoisotopic (exact) mass is 253 g/mol. The summed E-state index contributed by atoms with van der Waals surface area (Å²) >= 11 is 6.26. The van der Waals surface area contributed by atoms with Gasteiger partial charge in [-0.05, 0) is 36.5 Å². The van der Waals surface area contributed by atoms with E-state index in [0.29, 0.717) is 0 Å². The van der Waals surface area contributed by atoms with Gasteiger partial charge in [-0.25, -0.2) is 0 Å². The third-order valence-corrected chi connectivity index (χ3v) is 3.82. The van der Waals surface area contributed by atoms with Gasteiger partial charge in [-0.15, -0.1) is 0 Å². The van der Waals surface area contributed by atoms with E-state index >= 15 is 0 Å². The van der Waals surface area contributed by atoms with Crippen molar-refractivity contribution in [2.75, 3.05) is 18.0 Å². The van der Waals surface area contributed by atoms with E-state index in [-0.39, 0.29) is 6.61 Å². The van der Waals surface area contributed by atoms with Gasteiger partial charge in [0.05, 0.1) is 17.3 Å². The molecule has 0 aromatic heterocycles. The van der Waals surface area contributed by atoms with Gasteiger partial charge in [0.2, 0.25) is 0 Å². The quantitative estimate of drug-likeness (QED) is 0.888. The first-order chi connectivity index (χ1) is 8.24. The second-order valence-corrected chi connectivity index (χ2v) is 5.24. The lowest BCUT2D eigenvalue weighted by Crippen LogP contribution is -2.20. The molecular formula is C14H20ClNO. The predicted octanol–water partition coefficient (Wildman–Crippen LogP) is 3.46. The van der Waals surface area contributed by atoms with Crippen LogP contribution in [0.25, 0.3) is 0 Å². The van der Waals surface area contributed by atoms with Gasteiger partial charge in [0.15, 0.2) is 0 Å². The first-order valence-electron chi connectivity index (χ1n) is 6.38. The minimum atomic E-state index is 0.0540. The molecule has 3 heteroatoms. The Kier molecular flexibility index (Phi) is 4.30. The summed E-state index contributed by atoms with van der Waals surface area (Å²) < 4.78 is 0. The molecule has 2 rings (SSSR count). The van der Waals surface area contributed by atoms with Crippen LogP contribution >= 0.6 is 11.6 Å². The molecule has 0 aliphatic carbocycles. The van der Waals surface area contributed by atoms with E-state index in [4.69, 9.17) is 16.7 Å². The molecule has 0 bridgehead atoms. The van der Waals surface area contributed by atoms with Crippen molar-refractivity contribution in [3.8, 4) is 0 Å². The van der Waals surface area contributed by atoms with Crippen LogP contribution in [0.5, 0.6) is 0 Å². The first-order valence-corrected chi connectivity index (χ1v) is 6.76. The number of hydrogen-bond acceptors (Lipinski definition) is 2. The number of rotatable bonds is 4. The largest absolute Gasteiger partial charge is 0.392 e. The van der Waals surface area contributed by atoms with Crippen molar-refractivity contribution in [1.82, 2.24) is 0 Å². The zero-order valence-electron chi connectivity index (χ0n) is 10.3. The lowest BCUT2D eigenvalue weighted by Gasteiger charge is -2.20. The van der Waals surface area contributed by atoms with Crippen molar-refractivity contribution in [2.24, 2.45) is 5.92 Å². The van der Waals surface area contributed by atoms with Crippen molar-refractivity contribution in [3.05, 3.63) is 28.8 Å². The van der Waals surface area contributed by atoms with Gasteiger partial charge >= 0.3 is 0 Å². The molecule has 0 saturated carbocycles. The van der Waals surface area contributed by atoms with Gasteiger partial charge < -0.3 is 10.0 Å². The number of halogens is 1. The summed E-state index contributed by atoms with van der Waals surface area (Å²) in [6.45, 7) is 4.51. The Hall–Kier alpha value is -0.730. The molecule has 0 radical (unpaired) electrons. The van der Waals surface area contributed by atoms with Crippen LogP contribution in [0.4, 0.5) is 5.69 Å². The highest BCUT2D eigenvalue weighted by Gasteiger charge is 2.23. The summed E-state index contributed by atoms with van der Waals surface area (Å²) in [4.78, 5) is 2.36. The highest BCUT2D eigenvalue weighted by molar-refractivity contribution is 6.33. The second-order valence-electron chi connectivity index (χ2n) is 4.83. The number of benzene rings is 1. The smallest absolute Gasteiger partial charge is 0.0682 e. The fourth-order valence-corrected chi connectivity index (χ4v) is 2.92. The molecule has 1 saturated heterocycles. The lowest BCUT2D eigenvalue weighted by molar-refractivity contribution is 0.282. The number of hydrogen-bond donors (Lipinski definition) is 1. The SMILES string of the molecule is CCCC1CCN(c2ccc(CO)cc2Cl)C1. The fourth-order valence-electron chi connectivity index (χ4n) is 2.60. The van der Waals surface area contributed by atoms with Crippen LogP contribution in [0.3, 0.4) is 0 Å². The molecule has 1 aromatic rings. The molecule has 2 nitrogen and oxygen atoms in total. The van der Waals surface area contributed by atoms with E-state index in [0.717, 1.165) is 35.3 Å². The minimum Gasteiger partial charge on any atom is -0.392 e. The molecule has 1 unspecified atom stereocenters. The first kappa shape index (κ1) is 12.7. The van der Waals surface area contributed by atoms with Crippen LogP contribution in [0, 0.1) is 5.92 Å². The predicted molar refractivity (Wildman–Crippen MR) is 72.6 cm³/mol. The van der Waals surface area contributed by atoms with E-state index < -0.39 is 0 Å². The average Bonchev–Trinajstić information content (AvgIpc) is 2.78. The normalized spacial score (nSPS) is 19.9. The van der Waals surface area contributed by atoms with Gasteiger partial charge in [0, 0.05) is 13.1 Å². The zero-order chi connectivity index (χ0) is 12.3. The zero-order valence-corrected chi connectivity index (χ0v) is 11.1. The van der Waals surface area contributed by atoms with Gasteiger partial charge in [-0.1, -0.05) is 31.0 Å². The summed E-state index contributed by atoms with van der Waals surface area (Å²) in [5, 5.41) is 9.82. The van der Waals surface area contributed by atoms with Crippen molar-refractivity contribution >= 4 is 17.3 Å². The summed E-state index contributed by atoms with van der Waals surface area (Å²) in [5.74, 6) is 0.814. The van der Waals surface area contributed by atoms with Crippen molar-refractivity contribution in [3.63, 3.8) is 0 Å². The number of aliphatic hydroxyl groups excluding tert-OH is 1. The van der Waals surface area contributed by atoms with Gasteiger partial charge in [-0.2, -0.15) is 0 Å². The number of anilines is 1. The summed E-state index contributed by atoms with van der Waals surface area (Å²) in [6, 6.07) is 5.85. The van der Waals surface area contributed by atoms with E-state index in [1.165, 1.54) is 19.3 Å². The molecule has 1 aromatic carbocycles. The van der Waals surface area contributed by atoms with E-state index in [1.54, 1.807) is 0 Å². The number of aliphatic hydroxyl groups is 1. The third-order valence-electron chi connectivity index (χ3n) is 3.52. The van der Waals surface area contributed by atoms with Crippen LogP contribution in [0.15, 0.2) is 18.2 Å². The fraction of sp³-hybridized carbons (Fsp3) is 0.571. The molecule has 1 atom stereocenters. The Bertz CT molecular complexity index is 380. The van der Waals surface area contributed by atoms with Gasteiger partial charge in [0.25, 0.3) is 0 Å². The van der Waals surface area contributed by atoms with Gasteiger partial charge in [-0.3, -0.25) is 0 Å². The molecule has 1 aliphatic heterocycles. The van der Waals surface area contributed by atoms with Crippen LogP contribution in [0.1, 0.15) is 31.7 Å². The molecular weight excluding hydrogens is 234 g/mol. The highest BCUT2D eigenvalue weighted by atomic mass is 35.5. The Balaban J connectivity index is 2.08. The maximum atomic E-state index is 9.06. The Morgan fingerprint density at radius 3 is 2.94 bits per heavy atom. The van der Waals surface area contributed by atoms with Crippen molar-refractivity contribution in [1.29, 1.82) is 0 Å². The maximum Gasteiger partial charge on any atom is 0.0682 e. The lowest BCUT2D eigenvalue weighted by atomic mass is 10.0. The van der Waals surface area contributed by atoms with E-state index in [2.05, 4.69) is 11.8 Å². The summed E-state index contributed by atoms with van der Waals surface area (Å²) in [7, 11) is 0. The van der Waals surface area contributed by atoms with Crippen molar-refractivity contribution < 1.29 is 5.11 Å². The molecule has 1 fully saturated rings. The van der Waals surface area contributed by atoms with Crippen LogP contribution in [-0.4, -0.2) is 18.2 Å². The molecule has 94 valence electrons. The second kappa shape index (κ2) is 5.74. The summed E-state index contributed by atoms with van der Waals surface area (Å²) in [6.07, 6.45) is 3.84. The summed E-state index contributed by atoms with van der Waals surface area (Å²) in [5.41, 5.74) is 1.99. The maximum absolute atomic E-state index is 9.06. The molecule has 17 heavy (non-hydrogen) atoms. The van der Waals surface area contributed by atoms with Gasteiger partial charge in [0.1, 0.15) is 0 Å². The average molecular weight is 254 g/mol. The van der Waals surface area contributed by atoms with Crippen LogP contribution in [0.2, 0.25) is 5.02 Å². The highest BCUT2D eigenvalue weighted by Crippen LogP contribution is 2.32. The molecule has 1 aliphatic rings. The van der Waals surface area contributed by atoms with Crippen LogP contribution in [-0.2, 0) is 6.61 Å². The topological polar surface area (TPSA) is 23.5 Å².